The van der Waals surface area contributed by atoms with E-state index in [1.165, 1.54) is 5.56 Å². The van der Waals surface area contributed by atoms with Crippen LogP contribution in [0.3, 0.4) is 0 Å². The molecular formula is C23H25NO4. The number of nitrogens with zero attached hydrogens (tertiary/aromatic N) is 1. The maximum absolute atomic E-state index is 6.20. The van der Waals surface area contributed by atoms with Crippen molar-refractivity contribution in [3.05, 3.63) is 53.4 Å². The van der Waals surface area contributed by atoms with Gasteiger partial charge >= 0.3 is 0 Å². The van der Waals surface area contributed by atoms with Gasteiger partial charge in [-0.25, -0.2) is 0 Å². The normalized spacial score (nSPS) is 17.2. The fourth-order valence-electron chi connectivity index (χ4n) is 3.53. The summed E-state index contributed by atoms with van der Waals surface area (Å²) in [6, 6.07) is 13.9. The largest absolute Gasteiger partial charge is 0.493 e. The molecule has 2 heterocycles. The molecule has 1 fully saturated rings. The van der Waals surface area contributed by atoms with Crippen LogP contribution < -0.4 is 14.8 Å². The van der Waals surface area contributed by atoms with Crippen molar-refractivity contribution in [2.45, 2.75) is 25.9 Å². The molecule has 4 rings (SSSR count). The van der Waals surface area contributed by atoms with Crippen LogP contribution in [0.1, 0.15) is 18.4 Å². The molecule has 3 aromatic rings. The molecule has 1 saturated heterocycles. The van der Waals surface area contributed by atoms with Gasteiger partial charge in [0.25, 0.3) is 0 Å². The number of ether oxygens (including phenoxy) is 3. The van der Waals surface area contributed by atoms with Gasteiger partial charge in [-0.3, -0.25) is 4.99 Å². The Morgan fingerprint density at radius 1 is 1.04 bits per heavy atom. The predicted octanol–water partition coefficient (Wildman–Crippen LogP) is 4.51. The van der Waals surface area contributed by atoms with Gasteiger partial charge < -0.3 is 18.6 Å². The van der Waals surface area contributed by atoms with E-state index in [9.17, 15) is 0 Å². The summed E-state index contributed by atoms with van der Waals surface area (Å²) < 4.78 is 22.7. The highest BCUT2D eigenvalue weighted by Gasteiger charge is 2.15. The zero-order valence-corrected chi connectivity index (χ0v) is 16.5. The number of methoxy groups -OCH3 is 2. The first-order valence-electron chi connectivity index (χ1n) is 9.57. The molecule has 0 aliphatic carbocycles. The second-order valence-corrected chi connectivity index (χ2v) is 7.04. The summed E-state index contributed by atoms with van der Waals surface area (Å²) in [5.74, 6) is 2.09. The van der Waals surface area contributed by atoms with E-state index in [4.69, 9.17) is 23.6 Å². The minimum absolute atomic E-state index is 0.210. The molecule has 0 N–H and O–H groups in total. The fourth-order valence-corrected chi connectivity index (χ4v) is 3.53. The first kappa shape index (κ1) is 18.6. The Morgan fingerprint density at radius 3 is 2.64 bits per heavy atom. The van der Waals surface area contributed by atoms with Gasteiger partial charge in [0.1, 0.15) is 11.3 Å². The molecule has 1 atom stereocenters. The molecule has 2 aromatic carbocycles. The van der Waals surface area contributed by atoms with Gasteiger partial charge in [0.05, 0.1) is 32.2 Å². The summed E-state index contributed by atoms with van der Waals surface area (Å²) in [6.07, 6.45) is 2.39. The van der Waals surface area contributed by atoms with Gasteiger partial charge in [0, 0.05) is 23.6 Å². The molecule has 5 nitrogen and oxygen atoms in total. The van der Waals surface area contributed by atoms with E-state index in [1.807, 2.05) is 36.4 Å². The molecule has 1 aromatic heterocycles. The number of hydrogen-bond donors (Lipinski definition) is 0. The van der Waals surface area contributed by atoms with Crippen molar-refractivity contribution >= 4 is 11.0 Å². The van der Waals surface area contributed by atoms with Crippen LogP contribution in [0.25, 0.3) is 22.3 Å². The lowest BCUT2D eigenvalue weighted by molar-refractivity contribution is 0.117. The van der Waals surface area contributed by atoms with E-state index in [0.717, 1.165) is 47.1 Å². The van der Waals surface area contributed by atoms with Crippen LogP contribution in [0.5, 0.6) is 11.5 Å². The van der Waals surface area contributed by atoms with E-state index >= 15 is 0 Å². The summed E-state index contributed by atoms with van der Waals surface area (Å²) in [4.78, 5) is 4.88. The maximum Gasteiger partial charge on any atom is 0.161 e. The number of rotatable bonds is 5. The Bertz CT molecular complexity index is 1050. The molecule has 0 unspecified atom stereocenters. The molecule has 0 spiro atoms. The molecule has 146 valence electrons. The molecule has 1 aliphatic rings. The number of fused-ring (bicyclic) bond motifs is 1. The predicted molar refractivity (Wildman–Crippen MR) is 109 cm³/mol. The van der Waals surface area contributed by atoms with Crippen molar-refractivity contribution < 1.29 is 18.6 Å². The summed E-state index contributed by atoms with van der Waals surface area (Å²) in [5, 5.41) is 1.94. The zero-order chi connectivity index (χ0) is 19.5. The van der Waals surface area contributed by atoms with Crippen LogP contribution in [0.2, 0.25) is 0 Å². The van der Waals surface area contributed by atoms with Gasteiger partial charge in [0.15, 0.2) is 11.5 Å². The van der Waals surface area contributed by atoms with Crippen molar-refractivity contribution in [1.29, 1.82) is 0 Å². The Balaban J connectivity index is 1.83. The smallest absolute Gasteiger partial charge is 0.161 e. The lowest BCUT2D eigenvalue weighted by Crippen LogP contribution is -2.13. The van der Waals surface area contributed by atoms with E-state index in [1.54, 1.807) is 14.2 Å². The fraction of sp³-hybridized carbons (Fsp3) is 0.348. The Hall–Kier alpha value is -2.79. The molecule has 0 radical (unpaired) electrons. The number of benzene rings is 2. The van der Waals surface area contributed by atoms with Crippen LogP contribution in [-0.4, -0.2) is 33.5 Å². The molecule has 0 bridgehead atoms. The van der Waals surface area contributed by atoms with Crippen molar-refractivity contribution in [3.8, 4) is 22.8 Å². The summed E-state index contributed by atoms with van der Waals surface area (Å²) in [5.41, 5.74) is 2.90. The molecule has 0 saturated carbocycles. The summed E-state index contributed by atoms with van der Waals surface area (Å²) in [6.45, 7) is 3.57. The van der Waals surface area contributed by atoms with Crippen molar-refractivity contribution in [2.75, 3.05) is 27.4 Å². The Labute approximate surface area is 164 Å². The highest BCUT2D eigenvalue weighted by Crippen LogP contribution is 2.32. The standard InChI is InChI=1S/C23H25NO4/c1-15-6-8-20-18(11-15)19(24-14-17-5-4-10-27-17)13-22(28-20)16-7-9-21(25-2)23(12-16)26-3/h6-9,11-13,17H,4-5,10,14H2,1-3H3/t17-/m1/s1. The third-order valence-electron chi connectivity index (χ3n) is 5.06. The summed E-state index contributed by atoms with van der Waals surface area (Å²) in [7, 11) is 3.26. The van der Waals surface area contributed by atoms with Crippen LogP contribution in [0, 0.1) is 6.92 Å². The van der Waals surface area contributed by atoms with Gasteiger partial charge in [0.2, 0.25) is 0 Å². The topological polar surface area (TPSA) is 53.2 Å². The van der Waals surface area contributed by atoms with Crippen molar-refractivity contribution in [3.63, 3.8) is 0 Å². The lowest BCUT2D eigenvalue weighted by atomic mass is 10.1. The molecule has 0 amide bonds. The van der Waals surface area contributed by atoms with Gasteiger partial charge in [-0.2, -0.15) is 0 Å². The Kier molecular flexibility index (Phi) is 5.35. The van der Waals surface area contributed by atoms with Crippen LogP contribution in [0.4, 0.5) is 0 Å². The van der Waals surface area contributed by atoms with E-state index in [-0.39, 0.29) is 6.10 Å². The third-order valence-corrected chi connectivity index (χ3v) is 5.06. The maximum atomic E-state index is 6.20. The quantitative estimate of drug-likeness (QED) is 0.655. The highest BCUT2D eigenvalue weighted by molar-refractivity contribution is 5.79. The number of hydrogen-bond acceptors (Lipinski definition) is 5. The average Bonchev–Trinajstić information content (AvgIpc) is 3.25. The van der Waals surface area contributed by atoms with Gasteiger partial charge in [-0.05, 0) is 50.1 Å². The minimum Gasteiger partial charge on any atom is -0.493 e. The second-order valence-electron chi connectivity index (χ2n) is 7.04. The first-order valence-corrected chi connectivity index (χ1v) is 9.57. The molecule has 5 heteroatoms. The molecule has 1 aliphatic heterocycles. The molecular weight excluding hydrogens is 354 g/mol. The van der Waals surface area contributed by atoms with E-state index in [2.05, 4.69) is 13.0 Å². The van der Waals surface area contributed by atoms with Crippen LogP contribution in [-0.2, 0) is 4.74 Å². The van der Waals surface area contributed by atoms with Crippen LogP contribution >= 0.6 is 0 Å². The lowest BCUT2D eigenvalue weighted by Gasteiger charge is -2.11. The monoisotopic (exact) mass is 379 g/mol. The SMILES string of the molecule is COc1ccc(-c2cc(=NC[C@H]3CCCO3)c3cc(C)ccc3o2)cc1OC. The highest BCUT2D eigenvalue weighted by atomic mass is 16.5. The Morgan fingerprint density at radius 2 is 1.89 bits per heavy atom. The summed E-state index contributed by atoms with van der Waals surface area (Å²) >= 11 is 0. The minimum atomic E-state index is 0.210. The number of aryl methyl sites for hydroxylation is 1. The third kappa shape index (κ3) is 3.76. The zero-order valence-electron chi connectivity index (χ0n) is 16.5. The van der Waals surface area contributed by atoms with Gasteiger partial charge in [-0.15, -0.1) is 0 Å². The second kappa shape index (κ2) is 8.07. The van der Waals surface area contributed by atoms with Crippen LogP contribution in [0.15, 0.2) is 51.9 Å². The van der Waals surface area contributed by atoms with E-state index < -0.39 is 0 Å². The molecule has 28 heavy (non-hydrogen) atoms. The van der Waals surface area contributed by atoms with E-state index in [0.29, 0.717) is 18.0 Å². The van der Waals surface area contributed by atoms with Crippen molar-refractivity contribution in [2.24, 2.45) is 4.99 Å². The van der Waals surface area contributed by atoms with Gasteiger partial charge in [-0.1, -0.05) is 11.6 Å². The average molecular weight is 379 g/mol. The first-order chi connectivity index (χ1) is 13.7. The van der Waals surface area contributed by atoms with Crippen molar-refractivity contribution in [1.82, 2.24) is 0 Å².